The van der Waals surface area contributed by atoms with Crippen molar-refractivity contribution in [2.45, 2.75) is 45.7 Å². The highest BCUT2D eigenvalue weighted by Crippen LogP contribution is 2.24. The number of halogens is 1. The van der Waals surface area contributed by atoms with Gasteiger partial charge in [-0.1, -0.05) is 50.1 Å². The summed E-state index contributed by atoms with van der Waals surface area (Å²) in [6, 6.07) is 12.7. The largest absolute Gasteiger partial charge is 0.497 e. The molecule has 35 heavy (non-hydrogen) atoms. The lowest BCUT2D eigenvalue weighted by molar-refractivity contribution is -0.140. The smallest absolute Gasteiger partial charge is 0.244 e. The Morgan fingerprint density at radius 2 is 1.74 bits per heavy atom. The average molecular weight is 524 g/mol. The number of rotatable bonds is 13. The summed E-state index contributed by atoms with van der Waals surface area (Å²) in [4.78, 5) is 28.0. The standard InChI is InChI=1S/C25H34ClN3O5S/c1-5-7-16-27-25(31)23(6-2)28(17-19-10-8-9-11-22(19)26)24(30)18-29(35(4,32)33)20-12-14-21(34-3)15-13-20/h8-15,23H,5-7,16-18H2,1-4H3,(H,27,31)/t23-/m0/s1. The molecule has 0 heterocycles. The number of benzene rings is 2. The molecule has 0 spiro atoms. The van der Waals surface area contributed by atoms with Crippen LogP contribution in [0.15, 0.2) is 48.5 Å². The van der Waals surface area contributed by atoms with Crippen molar-refractivity contribution in [3.8, 4) is 5.75 Å². The van der Waals surface area contributed by atoms with Crippen molar-refractivity contribution in [2.75, 3.05) is 30.8 Å². The summed E-state index contributed by atoms with van der Waals surface area (Å²) in [5, 5.41) is 3.35. The Labute approximate surface area is 213 Å². The molecule has 2 amide bonds. The van der Waals surface area contributed by atoms with E-state index in [-0.39, 0.29) is 12.5 Å². The van der Waals surface area contributed by atoms with Crippen LogP contribution >= 0.6 is 11.6 Å². The van der Waals surface area contributed by atoms with Gasteiger partial charge in [0.05, 0.1) is 19.1 Å². The first-order valence-electron chi connectivity index (χ1n) is 11.5. The van der Waals surface area contributed by atoms with Gasteiger partial charge in [0.15, 0.2) is 0 Å². The number of amides is 2. The fourth-order valence-corrected chi connectivity index (χ4v) is 4.64. The van der Waals surface area contributed by atoms with Gasteiger partial charge in [-0.3, -0.25) is 13.9 Å². The van der Waals surface area contributed by atoms with Crippen molar-refractivity contribution in [3.05, 3.63) is 59.1 Å². The molecule has 1 N–H and O–H groups in total. The summed E-state index contributed by atoms with van der Waals surface area (Å²) in [6.07, 6.45) is 3.14. The maximum atomic E-state index is 13.6. The summed E-state index contributed by atoms with van der Waals surface area (Å²) >= 11 is 6.35. The van der Waals surface area contributed by atoms with Gasteiger partial charge in [-0.25, -0.2) is 8.42 Å². The number of anilines is 1. The number of unbranched alkanes of at least 4 members (excludes halogenated alkanes) is 1. The van der Waals surface area contributed by atoms with Crippen molar-refractivity contribution in [2.24, 2.45) is 0 Å². The van der Waals surface area contributed by atoms with E-state index in [0.717, 1.165) is 23.4 Å². The second-order valence-electron chi connectivity index (χ2n) is 8.15. The second-order valence-corrected chi connectivity index (χ2v) is 10.5. The van der Waals surface area contributed by atoms with Crippen LogP contribution in [-0.2, 0) is 26.2 Å². The Balaban J connectivity index is 2.40. The molecule has 0 saturated carbocycles. The first-order valence-corrected chi connectivity index (χ1v) is 13.8. The molecule has 10 heteroatoms. The van der Waals surface area contributed by atoms with Gasteiger partial charge in [-0.05, 0) is 48.7 Å². The predicted octanol–water partition coefficient (Wildman–Crippen LogP) is 3.84. The SMILES string of the molecule is CCCCNC(=O)[C@H](CC)N(Cc1ccccc1Cl)C(=O)CN(c1ccc(OC)cc1)S(C)(=O)=O. The number of carbonyl (C=O) groups excluding carboxylic acids is 2. The maximum Gasteiger partial charge on any atom is 0.244 e. The van der Waals surface area contributed by atoms with Gasteiger partial charge in [-0.2, -0.15) is 0 Å². The number of methoxy groups -OCH3 is 1. The zero-order valence-corrected chi connectivity index (χ0v) is 22.2. The fraction of sp³-hybridized carbons (Fsp3) is 0.440. The third-order valence-electron chi connectivity index (χ3n) is 5.55. The molecule has 2 rings (SSSR count). The maximum absolute atomic E-state index is 13.6. The Bertz CT molecular complexity index is 1090. The molecule has 8 nitrogen and oxygen atoms in total. The number of hydrogen-bond donors (Lipinski definition) is 1. The van der Waals surface area contributed by atoms with E-state index < -0.39 is 28.5 Å². The number of carbonyl (C=O) groups is 2. The third kappa shape index (κ3) is 8.14. The molecule has 0 saturated heterocycles. The lowest BCUT2D eigenvalue weighted by Gasteiger charge is -2.33. The molecule has 0 aliphatic heterocycles. The van der Waals surface area contributed by atoms with E-state index in [0.29, 0.717) is 35.0 Å². The van der Waals surface area contributed by atoms with Crippen LogP contribution < -0.4 is 14.4 Å². The van der Waals surface area contributed by atoms with E-state index in [1.54, 1.807) is 48.5 Å². The Morgan fingerprint density at radius 3 is 2.29 bits per heavy atom. The van der Waals surface area contributed by atoms with Crippen molar-refractivity contribution < 1.29 is 22.7 Å². The Morgan fingerprint density at radius 1 is 1.09 bits per heavy atom. The van der Waals surface area contributed by atoms with Crippen LogP contribution in [0, 0.1) is 0 Å². The minimum absolute atomic E-state index is 0.0679. The number of hydrogen-bond acceptors (Lipinski definition) is 5. The van der Waals surface area contributed by atoms with Gasteiger partial charge in [0, 0.05) is 18.1 Å². The number of ether oxygens (including phenoxy) is 1. The molecule has 0 unspecified atom stereocenters. The summed E-state index contributed by atoms with van der Waals surface area (Å²) in [5.74, 6) is -0.232. The van der Waals surface area contributed by atoms with Crippen LogP contribution in [0.1, 0.15) is 38.7 Å². The highest BCUT2D eigenvalue weighted by molar-refractivity contribution is 7.92. The van der Waals surface area contributed by atoms with Gasteiger partial charge in [0.25, 0.3) is 0 Å². The van der Waals surface area contributed by atoms with Gasteiger partial charge >= 0.3 is 0 Å². The van der Waals surface area contributed by atoms with Crippen LogP contribution in [0.3, 0.4) is 0 Å². The molecule has 0 bridgehead atoms. The van der Waals surface area contributed by atoms with Crippen LogP contribution in [0.2, 0.25) is 5.02 Å². The lowest BCUT2D eigenvalue weighted by atomic mass is 10.1. The summed E-state index contributed by atoms with van der Waals surface area (Å²) in [7, 11) is -2.29. The quantitative estimate of drug-likeness (QED) is 0.402. The topological polar surface area (TPSA) is 96.0 Å². The molecule has 192 valence electrons. The van der Waals surface area contributed by atoms with Crippen molar-refractivity contribution >= 4 is 39.1 Å². The molecular formula is C25H34ClN3O5S. The molecule has 2 aromatic rings. The third-order valence-corrected chi connectivity index (χ3v) is 7.06. The molecular weight excluding hydrogens is 490 g/mol. The minimum Gasteiger partial charge on any atom is -0.497 e. The summed E-state index contributed by atoms with van der Waals surface area (Å²) in [6.45, 7) is 3.94. The monoisotopic (exact) mass is 523 g/mol. The van der Waals surface area contributed by atoms with Gasteiger partial charge in [0.1, 0.15) is 18.3 Å². The van der Waals surface area contributed by atoms with Crippen LogP contribution in [0.5, 0.6) is 5.75 Å². The van der Waals surface area contributed by atoms with Crippen LogP contribution in [-0.4, -0.2) is 57.6 Å². The summed E-state index contributed by atoms with van der Waals surface area (Å²) < 4.78 is 31.4. The van der Waals surface area contributed by atoms with Gasteiger partial charge < -0.3 is 15.0 Å². The van der Waals surface area contributed by atoms with Crippen molar-refractivity contribution in [1.82, 2.24) is 10.2 Å². The highest BCUT2D eigenvalue weighted by Gasteiger charge is 2.32. The van der Waals surface area contributed by atoms with E-state index in [9.17, 15) is 18.0 Å². The van der Waals surface area contributed by atoms with Crippen molar-refractivity contribution in [3.63, 3.8) is 0 Å². The van der Waals surface area contributed by atoms with E-state index in [4.69, 9.17) is 16.3 Å². The first kappa shape index (κ1) is 28.5. The number of sulfonamides is 1. The average Bonchev–Trinajstić information content (AvgIpc) is 2.83. The predicted molar refractivity (Wildman–Crippen MR) is 139 cm³/mol. The molecule has 0 aromatic heterocycles. The van der Waals surface area contributed by atoms with Crippen LogP contribution in [0.4, 0.5) is 5.69 Å². The molecule has 1 atom stereocenters. The number of nitrogens with zero attached hydrogens (tertiary/aromatic N) is 2. The molecule has 0 fully saturated rings. The van der Waals surface area contributed by atoms with E-state index in [1.807, 2.05) is 13.8 Å². The van der Waals surface area contributed by atoms with E-state index in [1.165, 1.54) is 12.0 Å². The Kier molecular flexibility index (Phi) is 10.9. The normalized spacial score (nSPS) is 12.0. The molecule has 0 aliphatic carbocycles. The van der Waals surface area contributed by atoms with E-state index in [2.05, 4.69) is 5.32 Å². The zero-order valence-electron chi connectivity index (χ0n) is 20.7. The highest BCUT2D eigenvalue weighted by atomic mass is 35.5. The first-order chi connectivity index (χ1) is 16.6. The Hall–Kier alpha value is -2.78. The zero-order chi connectivity index (χ0) is 26.0. The van der Waals surface area contributed by atoms with Gasteiger partial charge in [0.2, 0.25) is 21.8 Å². The van der Waals surface area contributed by atoms with E-state index >= 15 is 0 Å². The minimum atomic E-state index is -3.80. The van der Waals surface area contributed by atoms with Crippen molar-refractivity contribution in [1.29, 1.82) is 0 Å². The molecule has 0 aliphatic rings. The van der Waals surface area contributed by atoms with Gasteiger partial charge in [-0.15, -0.1) is 0 Å². The lowest BCUT2D eigenvalue weighted by Crippen LogP contribution is -2.52. The molecule has 2 aromatic carbocycles. The molecule has 0 radical (unpaired) electrons. The summed E-state index contributed by atoms with van der Waals surface area (Å²) in [5.41, 5.74) is 0.984. The fourth-order valence-electron chi connectivity index (χ4n) is 3.60. The second kappa shape index (κ2) is 13.3. The van der Waals surface area contributed by atoms with Crippen LogP contribution in [0.25, 0.3) is 0 Å². The number of nitrogens with one attached hydrogen (secondary N) is 1.